The first kappa shape index (κ1) is 9.50. The molecule has 1 aliphatic rings. The minimum atomic E-state index is 0.871. The highest BCUT2D eigenvalue weighted by molar-refractivity contribution is 5.42. The van der Waals surface area contributed by atoms with E-state index in [-0.39, 0.29) is 0 Å². The van der Waals surface area contributed by atoms with Gasteiger partial charge in [-0.1, -0.05) is 13.3 Å². The molecule has 0 unspecified atom stereocenters. The maximum atomic E-state index is 4.16. The van der Waals surface area contributed by atoms with Gasteiger partial charge >= 0.3 is 0 Å². The molecule has 0 bridgehead atoms. The molecule has 1 saturated carbocycles. The van der Waals surface area contributed by atoms with Crippen LogP contribution in [0.1, 0.15) is 25.3 Å². The van der Waals surface area contributed by atoms with Crippen LogP contribution >= 0.6 is 0 Å². The van der Waals surface area contributed by atoms with Crippen molar-refractivity contribution in [1.29, 1.82) is 0 Å². The summed E-state index contributed by atoms with van der Waals surface area (Å²) in [7, 11) is 0. The molecule has 14 heavy (non-hydrogen) atoms. The maximum absolute atomic E-state index is 4.16. The Morgan fingerprint density at radius 1 is 1.43 bits per heavy atom. The lowest BCUT2D eigenvalue weighted by atomic mass is 9.75. The van der Waals surface area contributed by atoms with E-state index in [1.165, 1.54) is 18.4 Å². The molecule has 76 valence electrons. The number of nitrogens with zero attached hydrogens (tertiary/aromatic N) is 1. The summed E-state index contributed by atoms with van der Waals surface area (Å²) in [6.07, 6.45) is 6.57. The second-order valence-corrected chi connectivity index (χ2v) is 4.45. The van der Waals surface area contributed by atoms with E-state index in [9.17, 15) is 0 Å². The zero-order chi connectivity index (χ0) is 9.97. The van der Waals surface area contributed by atoms with Crippen molar-refractivity contribution in [2.24, 2.45) is 11.8 Å². The van der Waals surface area contributed by atoms with Gasteiger partial charge in [-0.3, -0.25) is 4.98 Å². The number of hydrogen-bond donors (Lipinski definition) is 1. The van der Waals surface area contributed by atoms with Gasteiger partial charge in [0, 0.05) is 18.9 Å². The van der Waals surface area contributed by atoms with Crippen LogP contribution in [0.5, 0.6) is 0 Å². The number of rotatable bonds is 3. The summed E-state index contributed by atoms with van der Waals surface area (Å²) in [6, 6.07) is 2.15. The van der Waals surface area contributed by atoms with E-state index in [0.29, 0.717) is 0 Å². The summed E-state index contributed by atoms with van der Waals surface area (Å²) in [5, 5.41) is 3.46. The Balaban J connectivity index is 1.85. The quantitative estimate of drug-likeness (QED) is 0.792. The predicted molar refractivity (Wildman–Crippen MR) is 59.4 cm³/mol. The molecule has 1 aliphatic carbocycles. The van der Waals surface area contributed by atoms with Crippen LogP contribution in [0, 0.1) is 18.8 Å². The Bertz CT molecular complexity index is 309. The van der Waals surface area contributed by atoms with Crippen molar-refractivity contribution in [2.75, 3.05) is 11.9 Å². The molecule has 0 spiro atoms. The van der Waals surface area contributed by atoms with E-state index in [1.54, 1.807) is 0 Å². The zero-order valence-corrected chi connectivity index (χ0v) is 8.96. The first-order valence-corrected chi connectivity index (χ1v) is 5.41. The SMILES string of the molecule is Cc1cncc(NC[C@@H]2CC[C@H]2C)c1. The van der Waals surface area contributed by atoms with Crippen molar-refractivity contribution in [3.63, 3.8) is 0 Å². The van der Waals surface area contributed by atoms with Crippen molar-refractivity contribution in [3.8, 4) is 0 Å². The van der Waals surface area contributed by atoms with E-state index < -0.39 is 0 Å². The summed E-state index contributed by atoms with van der Waals surface area (Å²) in [5.41, 5.74) is 2.38. The number of nitrogens with one attached hydrogen (secondary N) is 1. The monoisotopic (exact) mass is 190 g/mol. The summed E-state index contributed by atoms with van der Waals surface area (Å²) >= 11 is 0. The third-order valence-electron chi connectivity index (χ3n) is 3.24. The van der Waals surface area contributed by atoms with Crippen molar-refractivity contribution in [2.45, 2.75) is 26.7 Å². The van der Waals surface area contributed by atoms with Crippen LogP contribution in [0.2, 0.25) is 0 Å². The summed E-state index contributed by atoms with van der Waals surface area (Å²) in [5.74, 6) is 1.77. The van der Waals surface area contributed by atoms with Crippen molar-refractivity contribution >= 4 is 5.69 Å². The van der Waals surface area contributed by atoms with Crippen molar-refractivity contribution in [1.82, 2.24) is 4.98 Å². The van der Waals surface area contributed by atoms with Crippen LogP contribution in [-0.4, -0.2) is 11.5 Å². The Hall–Kier alpha value is -1.05. The molecule has 1 aromatic heterocycles. The lowest BCUT2D eigenvalue weighted by Gasteiger charge is -2.34. The Labute approximate surface area is 85.7 Å². The van der Waals surface area contributed by atoms with Crippen LogP contribution in [0.3, 0.4) is 0 Å². The van der Waals surface area contributed by atoms with Gasteiger partial charge in [-0.2, -0.15) is 0 Å². The minimum Gasteiger partial charge on any atom is -0.384 e. The van der Waals surface area contributed by atoms with E-state index in [1.807, 2.05) is 12.4 Å². The van der Waals surface area contributed by atoms with E-state index in [4.69, 9.17) is 0 Å². The van der Waals surface area contributed by atoms with Crippen LogP contribution in [0.4, 0.5) is 5.69 Å². The Kier molecular flexibility index (Phi) is 2.71. The first-order chi connectivity index (χ1) is 6.75. The fourth-order valence-corrected chi connectivity index (χ4v) is 1.94. The molecule has 0 aliphatic heterocycles. The third kappa shape index (κ3) is 2.06. The standard InChI is InChI=1S/C12H18N2/c1-9-5-12(8-13-6-9)14-7-11-4-3-10(11)2/h5-6,8,10-11,14H,3-4,7H2,1-2H3/t10-,11+/m1/s1. The molecule has 2 atom stereocenters. The van der Waals surface area contributed by atoms with Crippen LogP contribution in [-0.2, 0) is 0 Å². The molecular formula is C12H18N2. The topological polar surface area (TPSA) is 24.9 Å². The molecule has 1 N–H and O–H groups in total. The third-order valence-corrected chi connectivity index (χ3v) is 3.24. The van der Waals surface area contributed by atoms with Gasteiger partial charge < -0.3 is 5.32 Å². The number of pyridine rings is 1. The highest BCUT2D eigenvalue weighted by Crippen LogP contribution is 2.33. The average Bonchev–Trinajstić information content (AvgIpc) is 2.16. The first-order valence-electron chi connectivity index (χ1n) is 5.41. The molecular weight excluding hydrogens is 172 g/mol. The van der Waals surface area contributed by atoms with Gasteiger partial charge in [-0.25, -0.2) is 0 Å². The van der Waals surface area contributed by atoms with E-state index >= 15 is 0 Å². The second kappa shape index (κ2) is 3.99. The smallest absolute Gasteiger partial charge is 0.0529 e. The summed E-state index contributed by atoms with van der Waals surface area (Å²) in [4.78, 5) is 4.16. The van der Waals surface area contributed by atoms with Gasteiger partial charge in [0.1, 0.15) is 0 Å². The fraction of sp³-hybridized carbons (Fsp3) is 0.583. The second-order valence-electron chi connectivity index (χ2n) is 4.45. The Morgan fingerprint density at radius 3 is 2.86 bits per heavy atom. The average molecular weight is 190 g/mol. The molecule has 0 aromatic carbocycles. The highest BCUT2D eigenvalue weighted by Gasteiger charge is 2.25. The molecule has 2 nitrogen and oxygen atoms in total. The molecule has 0 amide bonds. The molecule has 0 radical (unpaired) electrons. The van der Waals surface area contributed by atoms with Crippen molar-refractivity contribution < 1.29 is 0 Å². The van der Waals surface area contributed by atoms with Crippen LogP contribution in [0.15, 0.2) is 18.5 Å². The number of aryl methyl sites for hydroxylation is 1. The fourth-order valence-electron chi connectivity index (χ4n) is 1.94. The Morgan fingerprint density at radius 2 is 2.29 bits per heavy atom. The highest BCUT2D eigenvalue weighted by atomic mass is 14.9. The van der Waals surface area contributed by atoms with Gasteiger partial charge in [0.05, 0.1) is 5.69 Å². The lowest BCUT2D eigenvalue weighted by molar-refractivity contribution is 0.210. The van der Waals surface area contributed by atoms with Gasteiger partial charge in [-0.05, 0) is 36.8 Å². The molecule has 1 aromatic rings. The minimum absolute atomic E-state index is 0.871. The molecule has 2 rings (SSSR count). The van der Waals surface area contributed by atoms with Gasteiger partial charge in [0.15, 0.2) is 0 Å². The van der Waals surface area contributed by atoms with E-state index in [0.717, 1.165) is 24.1 Å². The van der Waals surface area contributed by atoms with Gasteiger partial charge in [-0.15, -0.1) is 0 Å². The van der Waals surface area contributed by atoms with Crippen LogP contribution in [0.25, 0.3) is 0 Å². The predicted octanol–water partition coefficient (Wildman–Crippen LogP) is 2.85. The van der Waals surface area contributed by atoms with Gasteiger partial charge in [0.2, 0.25) is 0 Å². The zero-order valence-electron chi connectivity index (χ0n) is 8.96. The number of hydrogen-bond acceptors (Lipinski definition) is 2. The molecule has 2 heteroatoms. The lowest BCUT2D eigenvalue weighted by Crippen LogP contribution is -2.29. The van der Waals surface area contributed by atoms with Crippen LogP contribution < -0.4 is 5.32 Å². The largest absolute Gasteiger partial charge is 0.384 e. The summed E-state index contributed by atoms with van der Waals surface area (Å²) in [6.45, 7) is 5.51. The van der Waals surface area contributed by atoms with Crippen molar-refractivity contribution in [3.05, 3.63) is 24.0 Å². The molecule has 1 heterocycles. The number of aromatic nitrogens is 1. The summed E-state index contributed by atoms with van der Waals surface area (Å²) < 4.78 is 0. The van der Waals surface area contributed by atoms with Gasteiger partial charge in [0.25, 0.3) is 0 Å². The normalized spacial score (nSPS) is 25.6. The number of anilines is 1. The van der Waals surface area contributed by atoms with E-state index in [2.05, 4.69) is 30.2 Å². The molecule has 1 fully saturated rings. The molecule has 0 saturated heterocycles. The maximum Gasteiger partial charge on any atom is 0.0529 e.